The van der Waals surface area contributed by atoms with E-state index in [1.807, 2.05) is 0 Å². The summed E-state index contributed by atoms with van der Waals surface area (Å²) in [6.45, 7) is 6.90. The second kappa shape index (κ2) is 6.79. The quantitative estimate of drug-likeness (QED) is 0.227. The van der Waals surface area contributed by atoms with E-state index in [4.69, 9.17) is 4.98 Å². The summed E-state index contributed by atoms with van der Waals surface area (Å²) in [6.07, 6.45) is 0. The minimum absolute atomic E-state index is 0.0531. The fourth-order valence-electron chi connectivity index (χ4n) is 4.69. The Labute approximate surface area is 188 Å². The molecule has 0 unspecified atom stereocenters. The number of nitrogens with zero attached hydrogens (tertiary/aromatic N) is 1. The molecule has 2 heterocycles. The fourth-order valence-corrected chi connectivity index (χ4v) is 7.28. The van der Waals surface area contributed by atoms with Gasteiger partial charge in [-0.1, -0.05) is 0 Å². The van der Waals surface area contributed by atoms with E-state index in [0.717, 1.165) is 11.2 Å². The molecule has 0 atom stereocenters. The van der Waals surface area contributed by atoms with Crippen LogP contribution in [0.15, 0.2) is 84.9 Å². The summed E-state index contributed by atoms with van der Waals surface area (Å²) in [5, 5.41) is 6.61. The molecule has 4 aromatic carbocycles. The third kappa shape index (κ3) is 2.94. The molecule has 150 valence electrons. The van der Waals surface area contributed by atoms with Crippen molar-refractivity contribution in [1.29, 1.82) is 0 Å². The summed E-state index contributed by atoms with van der Waals surface area (Å²) in [4.78, 5) is 5.26. The van der Waals surface area contributed by atoms with Crippen molar-refractivity contribution < 1.29 is 0 Å². The zero-order valence-corrected chi connectivity index (χ0v) is 19.7. The van der Waals surface area contributed by atoms with E-state index in [1.165, 1.54) is 46.6 Å². The Kier molecular flexibility index (Phi) is 4.12. The molecule has 0 bridgehead atoms. The number of fused-ring (bicyclic) bond motifs is 6. The normalized spacial score (nSPS) is 12.4. The van der Waals surface area contributed by atoms with Gasteiger partial charge in [-0.2, -0.15) is 0 Å². The van der Waals surface area contributed by atoms with Crippen molar-refractivity contribution in [3.8, 4) is 11.3 Å². The molecule has 0 amide bonds. The van der Waals surface area contributed by atoms with Crippen molar-refractivity contribution in [3.05, 3.63) is 90.5 Å². The molecule has 0 saturated heterocycles. The third-order valence-corrected chi connectivity index (χ3v) is 8.68. The van der Waals surface area contributed by atoms with Crippen LogP contribution in [0.4, 0.5) is 0 Å². The summed E-state index contributed by atoms with van der Waals surface area (Å²) >= 11 is 0.299. The predicted molar refractivity (Wildman–Crippen MR) is 135 cm³/mol. The second-order valence-electron chi connectivity index (χ2n) is 9.27. The van der Waals surface area contributed by atoms with Crippen molar-refractivity contribution in [1.82, 2.24) is 4.98 Å². The third-order valence-electron chi connectivity index (χ3n) is 6.16. The molecular formula is C29H23NSe. The Balaban J connectivity index is 1.80. The van der Waals surface area contributed by atoms with Gasteiger partial charge in [0.25, 0.3) is 0 Å². The van der Waals surface area contributed by atoms with E-state index in [9.17, 15) is 0 Å². The zero-order chi connectivity index (χ0) is 21.2. The van der Waals surface area contributed by atoms with Crippen LogP contribution in [0, 0.1) is 0 Å². The van der Waals surface area contributed by atoms with Crippen molar-refractivity contribution in [2.75, 3.05) is 0 Å². The molecule has 0 spiro atoms. The van der Waals surface area contributed by atoms with Gasteiger partial charge in [-0.3, -0.25) is 0 Å². The SMILES string of the molecule is CC(C)(C)c1cc(-c2nc3ccccc3c3[se]c4ccccc4c23)cc2ccccc12. The summed E-state index contributed by atoms with van der Waals surface area (Å²) in [6, 6.07) is 31.0. The Morgan fingerprint density at radius 2 is 1.39 bits per heavy atom. The van der Waals surface area contributed by atoms with Gasteiger partial charge in [-0.15, -0.1) is 0 Å². The van der Waals surface area contributed by atoms with Gasteiger partial charge < -0.3 is 0 Å². The van der Waals surface area contributed by atoms with Crippen molar-refractivity contribution >= 4 is 55.5 Å². The van der Waals surface area contributed by atoms with Crippen molar-refractivity contribution in [2.24, 2.45) is 0 Å². The summed E-state index contributed by atoms with van der Waals surface area (Å²) in [5.41, 5.74) is 4.87. The van der Waals surface area contributed by atoms with Crippen LogP contribution in [0.3, 0.4) is 0 Å². The molecule has 0 aliphatic rings. The Morgan fingerprint density at radius 1 is 0.710 bits per heavy atom. The van der Waals surface area contributed by atoms with E-state index < -0.39 is 0 Å². The summed E-state index contributed by atoms with van der Waals surface area (Å²) < 4.78 is 2.93. The maximum atomic E-state index is 5.26. The van der Waals surface area contributed by atoms with Crippen LogP contribution in [0.1, 0.15) is 26.3 Å². The molecule has 6 rings (SSSR count). The number of benzene rings is 4. The average Bonchev–Trinajstić information content (AvgIpc) is 3.17. The van der Waals surface area contributed by atoms with Crippen LogP contribution >= 0.6 is 0 Å². The monoisotopic (exact) mass is 465 g/mol. The predicted octanol–water partition coefficient (Wildman–Crippen LogP) is 7.72. The van der Waals surface area contributed by atoms with E-state index in [-0.39, 0.29) is 5.41 Å². The average molecular weight is 464 g/mol. The van der Waals surface area contributed by atoms with E-state index >= 15 is 0 Å². The molecule has 0 fully saturated rings. The Morgan fingerprint density at radius 3 is 2.19 bits per heavy atom. The van der Waals surface area contributed by atoms with Gasteiger partial charge in [-0.25, -0.2) is 0 Å². The van der Waals surface area contributed by atoms with E-state index in [2.05, 4.69) is 106 Å². The molecule has 0 aliphatic carbocycles. The first kappa shape index (κ1) is 18.8. The van der Waals surface area contributed by atoms with Crippen molar-refractivity contribution in [2.45, 2.75) is 26.2 Å². The molecule has 1 nitrogen and oxygen atoms in total. The van der Waals surface area contributed by atoms with E-state index in [1.54, 1.807) is 0 Å². The van der Waals surface area contributed by atoms with Gasteiger partial charge in [0.2, 0.25) is 0 Å². The number of rotatable bonds is 1. The molecular weight excluding hydrogens is 441 g/mol. The van der Waals surface area contributed by atoms with Gasteiger partial charge in [0.1, 0.15) is 0 Å². The molecule has 2 aromatic heterocycles. The maximum absolute atomic E-state index is 5.26. The molecule has 31 heavy (non-hydrogen) atoms. The minimum atomic E-state index is 0.0531. The first-order valence-corrected chi connectivity index (χ1v) is 12.5. The van der Waals surface area contributed by atoms with Crippen LogP contribution in [-0.2, 0) is 5.41 Å². The molecule has 0 N–H and O–H groups in total. The van der Waals surface area contributed by atoms with Gasteiger partial charge in [-0.05, 0) is 0 Å². The van der Waals surface area contributed by atoms with Gasteiger partial charge >= 0.3 is 188 Å². The first-order chi connectivity index (χ1) is 15.0. The van der Waals surface area contributed by atoms with Crippen LogP contribution in [0.2, 0.25) is 0 Å². The number of para-hydroxylation sites is 1. The summed E-state index contributed by atoms with van der Waals surface area (Å²) in [5.74, 6) is 0. The number of hydrogen-bond acceptors (Lipinski definition) is 1. The Bertz CT molecular complexity index is 1620. The number of hydrogen-bond donors (Lipinski definition) is 0. The molecule has 0 radical (unpaired) electrons. The van der Waals surface area contributed by atoms with Crippen LogP contribution < -0.4 is 0 Å². The van der Waals surface area contributed by atoms with Crippen molar-refractivity contribution in [3.63, 3.8) is 0 Å². The standard InChI is InChI=1S/C29H23NSe/c1-29(2,3)23-17-19(16-18-10-4-5-11-20(18)23)27-26-22-13-7-9-15-25(22)31-28(26)21-12-6-8-14-24(21)30-27/h4-17H,1-3H3. The first-order valence-electron chi connectivity index (χ1n) is 10.7. The van der Waals surface area contributed by atoms with E-state index in [0.29, 0.717) is 14.5 Å². The molecule has 0 saturated carbocycles. The van der Waals surface area contributed by atoms with Gasteiger partial charge in [0.15, 0.2) is 0 Å². The molecule has 0 aliphatic heterocycles. The molecule has 2 heteroatoms. The second-order valence-corrected chi connectivity index (χ2v) is 11.5. The molecule has 6 aromatic rings. The number of pyridine rings is 1. The fraction of sp³-hybridized carbons (Fsp3) is 0.138. The summed E-state index contributed by atoms with van der Waals surface area (Å²) in [7, 11) is 0. The van der Waals surface area contributed by atoms with Crippen LogP contribution in [0.25, 0.3) is 52.2 Å². The Hall–Kier alpha value is -2.93. The van der Waals surface area contributed by atoms with Gasteiger partial charge in [0, 0.05) is 0 Å². The van der Waals surface area contributed by atoms with Crippen LogP contribution in [0.5, 0.6) is 0 Å². The van der Waals surface area contributed by atoms with Crippen LogP contribution in [-0.4, -0.2) is 19.5 Å². The zero-order valence-electron chi connectivity index (χ0n) is 17.9. The topological polar surface area (TPSA) is 12.9 Å². The number of aromatic nitrogens is 1. The van der Waals surface area contributed by atoms with Gasteiger partial charge in [0.05, 0.1) is 0 Å².